The van der Waals surface area contributed by atoms with Crippen LogP contribution >= 0.6 is 11.6 Å². The highest BCUT2D eigenvalue weighted by atomic mass is 35.5. The summed E-state index contributed by atoms with van der Waals surface area (Å²) in [4.78, 5) is 11.1. The number of halogens is 1. The van der Waals surface area contributed by atoms with Gasteiger partial charge in [-0.05, 0) is 32.6 Å². The Hall–Kier alpha value is -0.500. The first-order valence-corrected chi connectivity index (χ1v) is 4.78. The van der Waals surface area contributed by atoms with Gasteiger partial charge in [-0.25, -0.2) is 0 Å². The summed E-state index contributed by atoms with van der Waals surface area (Å²) in [7, 11) is 0. The largest absolute Gasteiger partial charge is 0.329 e. The molecule has 0 saturated heterocycles. The minimum absolute atomic E-state index is 0.0928. The van der Waals surface area contributed by atoms with Crippen LogP contribution in [-0.2, 0) is 4.79 Å². The van der Waals surface area contributed by atoms with Gasteiger partial charge in [0.2, 0.25) is 5.91 Å². The standard InChI is InChI=1S/C9H14ClNO/c1-7(10)9(12)11-8-5-3-2-4-6-8/h5,7H,2-4,6H2,1H3,(H,11,12). The van der Waals surface area contributed by atoms with E-state index in [1.807, 2.05) is 0 Å². The number of carbonyl (C=O) groups is 1. The van der Waals surface area contributed by atoms with E-state index in [1.165, 1.54) is 12.8 Å². The molecule has 1 N–H and O–H groups in total. The van der Waals surface area contributed by atoms with Crippen molar-refractivity contribution in [2.75, 3.05) is 0 Å². The number of hydrogen-bond donors (Lipinski definition) is 1. The molecule has 1 unspecified atom stereocenters. The molecule has 0 bridgehead atoms. The molecule has 0 fully saturated rings. The van der Waals surface area contributed by atoms with Crippen molar-refractivity contribution in [2.45, 2.75) is 38.0 Å². The molecular formula is C9H14ClNO. The number of alkyl halides is 1. The molecule has 1 atom stereocenters. The van der Waals surface area contributed by atoms with E-state index in [0.29, 0.717) is 0 Å². The van der Waals surface area contributed by atoms with Gasteiger partial charge < -0.3 is 5.32 Å². The number of allylic oxidation sites excluding steroid dienone is 2. The molecule has 68 valence electrons. The van der Waals surface area contributed by atoms with E-state index < -0.39 is 5.38 Å². The van der Waals surface area contributed by atoms with Crippen LogP contribution in [0, 0.1) is 0 Å². The molecule has 12 heavy (non-hydrogen) atoms. The van der Waals surface area contributed by atoms with Crippen LogP contribution in [0.25, 0.3) is 0 Å². The molecule has 1 amide bonds. The summed E-state index contributed by atoms with van der Waals surface area (Å²) < 4.78 is 0. The lowest BCUT2D eigenvalue weighted by molar-refractivity contribution is -0.119. The molecule has 0 aromatic rings. The smallest absolute Gasteiger partial charge is 0.241 e. The van der Waals surface area contributed by atoms with Gasteiger partial charge in [0.25, 0.3) is 0 Å². The fourth-order valence-electron chi connectivity index (χ4n) is 1.21. The average molecular weight is 188 g/mol. The normalized spacial score (nSPS) is 19.7. The van der Waals surface area contributed by atoms with Crippen molar-refractivity contribution in [3.63, 3.8) is 0 Å². The van der Waals surface area contributed by atoms with E-state index in [-0.39, 0.29) is 5.91 Å². The third kappa shape index (κ3) is 2.86. The summed E-state index contributed by atoms with van der Waals surface area (Å²) in [6.07, 6.45) is 6.54. The first-order chi connectivity index (χ1) is 5.70. The Kier molecular flexibility index (Phi) is 3.60. The van der Waals surface area contributed by atoms with E-state index >= 15 is 0 Å². The Morgan fingerprint density at radius 2 is 2.42 bits per heavy atom. The van der Waals surface area contributed by atoms with Crippen LogP contribution in [0.4, 0.5) is 0 Å². The van der Waals surface area contributed by atoms with Gasteiger partial charge in [0.15, 0.2) is 0 Å². The Morgan fingerprint density at radius 1 is 1.67 bits per heavy atom. The third-order valence-electron chi connectivity index (χ3n) is 1.94. The van der Waals surface area contributed by atoms with Crippen molar-refractivity contribution >= 4 is 17.5 Å². The van der Waals surface area contributed by atoms with E-state index in [0.717, 1.165) is 18.5 Å². The Balaban J connectivity index is 2.39. The first kappa shape index (κ1) is 9.59. The molecule has 0 aliphatic heterocycles. The van der Waals surface area contributed by atoms with Crippen LogP contribution in [0.1, 0.15) is 32.6 Å². The van der Waals surface area contributed by atoms with E-state index in [2.05, 4.69) is 11.4 Å². The van der Waals surface area contributed by atoms with Gasteiger partial charge in [0, 0.05) is 5.70 Å². The van der Waals surface area contributed by atoms with Crippen LogP contribution in [0.2, 0.25) is 0 Å². The van der Waals surface area contributed by atoms with E-state index in [1.54, 1.807) is 6.92 Å². The molecule has 0 aromatic heterocycles. The lowest BCUT2D eigenvalue weighted by Gasteiger charge is -2.14. The lowest BCUT2D eigenvalue weighted by atomic mass is 10.0. The predicted molar refractivity (Wildman–Crippen MR) is 50.0 cm³/mol. The maximum atomic E-state index is 11.1. The van der Waals surface area contributed by atoms with Gasteiger partial charge in [-0.1, -0.05) is 6.08 Å². The number of hydrogen-bond acceptors (Lipinski definition) is 1. The molecule has 1 aliphatic carbocycles. The fourth-order valence-corrected chi connectivity index (χ4v) is 1.26. The highest BCUT2D eigenvalue weighted by Gasteiger charge is 2.11. The second-order valence-electron chi connectivity index (χ2n) is 3.08. The number of nitrogens with one attached hydrogen (secondary N) is 1. The lowest BCUT2D eigenvalue weighted by Crippen LogP contribution is -2.29. The van der Waals surface area contributed by atoms with Crippen LogP contribution in [0.5, 0.6) is 0 Å². The molecule has 0 saturated carbocycles. The highest BCUT2D eigenvalue weighted by Crippen LogP contribution is 2.15. The SMILES string of the molecule is CC(Cl)C(=O)NC1=CCCCC1. The molecule has 0 spiro atoms. The van der Waals surface area contributed by atoms with Crippen LogP contribution in [-0.4, -0.2) is 11.3 Å². The zero-order chi connectivity index (χ0) is 8.97. The van der Waals surface area contributed by atoms with Crippen molar-refractivity contribution in [1.29, 1.82) is 0 Å². The molecule has 0 radical (unpaired) electrons. The van der Waals surface area contributed by atoms with E-state index in [9.17, 15) is 4.79 Å². The van der Waals surface area contributed by atoms with Gasteiger partial charge in [0.05, 0.1) is 0 Å². The minimum Gasteiger partial charge on any atom is -0.329 e. The fraction of sp³-hybridized carbons (Fsp3) is 0.667. The Labute approximate surface area is 78.0 Å². The first-order valence-electron chi connectivity index (χ1n) is 4.34. The molecule has 0 aromatic carbocycles. The van der Waals surface area contributed by atoms with Gasteiger partial charge >= 0.3 is 0 Å². The molecule has 1 rings (SSSR count). The second-order valence-corrected chi connectivity index (χ2v) is 3.74. The summed E-state index contributed by atoms with van der Waals surface area (Å²) in [5, 5.41) is 2.37. The van der Waals surface area contributed by atoms with Crippen molar-refractivity contribution in [2.24, 2.45) is 0 Å². The summed E-state index contributed by atoms with van der Waals surface area (Å²) >= 11 is 5.61. The Morgan fingerprint density at radius 3 is 2.92 bits per heavy atom. The number of amides is 1. The summed E-state index contributed by atoms with van der Waals surface area (Å²) in [5.41, 5.74) is 1.04. The third-order valence-corrected chi connectivity index (χ3v) is 2.13. The van der Waals surface area contributed by atoms with Crippen molar-refractivity contribution < 1.29 is 4.79 Å². The predicted octanol–water partition coefficient (Wildman–Crippen LogP) is 2.19. The summed E-state index contributed by atoms with van der Waals surface area (Å²) in [5.74, 6) is -0.0928. The quantitative estimate of drug-likeness (QED) is 0.660. The van der Waals surface area contributed by atoms with Crippen LogP contribution in [0.3, 0.4) is 0 Å². The summed E-state index contributed by atoms with van der Waals surface area (Å²) in [6, 6.07) is 0. The molecule has 1 aliphatic rings. The van der Waals surface area contributed by atoms with Crippen LogP contribution < -0.4 is 5.32 Å². The summed E-state index contributed by atoms with van der Waals surface area (Å²) in [6.45, 7) is 1.68. The second kappa shape index (κ2) is 4.51. The topological polar surface area (TPSA) is 29.1 Å². The average Bonchev–Trinajstić information content (AvgIpc) is 2.06. The zero-order valence-electron chi connectivity index (χ0n) is 7.27. The van der Waals surface area contributed by atoms with Gasteiger partial charge in [-0.2, -0.15) is 0 Å². The van der Waals surface area contributed by atoms with Crippen molar-refractivity contribution in [3.8, 4) is 0 Å². The molecule has 0 heterocycles. The maximum absolute atomic E-state index is 11.1. The van der Waals surface area contributed by atoms with Crippen molar-refractivity contribution in [1.82, 2.24) is 5.32 Å². The van der Waals surface area contributed by atoms with Crippen molar-refractivity contribution in [3.05, 3.63) is 11.8 Å². The van der Waals surface area contributed by atoms with Gasteiger partial charge in [-0.15, -0.1) is 11.6 Å². The zero-order valence-corrected chi connectivity index (χ0v) is 8.03. The number of rotatable bonds is 2. The monoisotopic (exact) mass is 187 g/mol. The highest BCUT2D eigenvalue weighted by molar-refractivity contribution is 6.30. The minimum atomic E-state index is -0.437. The number of carbonyl (C=O) groups excluding carboxylic acids is 1. The Bertz CT molecular complexity index is 199. The van der Waals surface area contributed by atoms with Gasteiger partial charge in [0.1, 0.15) is 5.38 Å². The molecule has 3 heteroatoms. The van der Waals surface area contributed by atoms with E-state index in [4.69, 9.17) is 11.6 Å². The molecular weight excluding hydrogens is 174 g/mol. The van der Waals surface area contributed by atoms with Crippen LogP contribution in [0.15, 0.2) is 11.8 Å². The van der Waals surface area contributed by atoms with Gasteiger partial charge in [-0.3, -0.25) is 4.79 Å². The maximum Gasteiger partial charge on any atom is 0.241 e. The molecule has 2 nitrogen and oxygen atoms in total.